The van der Waals surface area contributed by atoms with Crippen LogP contribution in [0.2, 0.25) is 5.02 Å². The highest BCUT2D eigenvalue weighted by molar-refractivity contribution is 6.30. The maximum Gasteiger partial charge on any atom is 0.209 e. The van der Waals surface area contributed by atoms with Crippen LogP contribution in [0.15, 0.2) is 34.9 Å². The van der Waals surface area contributed by atoms with Gasteiger partial charge in [-0.2, -0.15) is 0 Å². The zero-order valence-electron chi connectivity index (χ0n) is 11.8. The van der Waals surface area contributed by atoms with Gasteiger partial charge in [-0.15, -0.1) is 0 Å². The molecule has 3 rings (SSSR count). The molecule has 0 radical (unpaired) electrons. The summed E-state index contributed by atoms with van der Waals surface area (Å²) >= 11 is 5.89. The van der Waals surface area contributed by atoms with Crippen LogP contribution >= 0.6 is 11.6 Å². The first-order valence-corrected chi connectivity index (χ1v) is 7.42. The van der Waals surface area contributed by atoms with Gasteiger partial charge < -0.3 is 4.42 Å². The summed E-state index contributed by atoms with van der Waals surface area (Å²) in [6.45, 7) is 3.03. The fourth-order valence-electron chi connectivity index (χ4n) is 2.43. The van der Waals surface area contributed by atoms with E-state index in [0.29, 0.717) is 6.04 Å². The minimum absolute atomic E-state index is 0.598. The SMILES string of the molecule is CC(C1CC1)N(C)Cc1ncc(-c2ccc(Cl)cc2)o1. The number of hydrogen-bond acceptors (Lipinski definition) is 3. The highest BCUT2D eigenvalue weighted by Crippen LogP contribution is 2.35. The Labute approximate surface area is 124 Å². The Bertz CT molecular complexity index is 574. The zero-order valence-corrected chi connectivity index (χ0v) is 12.6. The third kappa shape index (κ3) is 3.05. The highest BCUT2D eigenvalue weighted by Gasteiger charge is 2.30. The third-order valence-corrected chi connectivity index (χ3v) is 4.32. The lowest BCUT2D eigenvalue weighted by molar-refractivity contribution is 0.207. The first kappa shape index (κ1) is 13.7. The molecule has 1 aromatic carbocycles. The summed E-state index contributed by atoms with van der Waals surface area (Å²) in [4.78, 5) is 6.69. The van der Waals surface area contributed by atoms with Gasteiger partial charge in [0.1, 0.15) is 0 Å². The molecule has 1 aliphatic rings. The number of halogens is 1. The van der Waals surface area contributed by atoms with Gasteiger partial charge in [-0.05, 0) is 57.0 Å². The predicted molar refractivity (Wildman–Crippen MR) is 80.6 cm³/mol. The van der Waals surface area contributed by atoms with Crippen molar-refractivity contribution in [1.29, 1.82) is 0 Å². The number of oxazole rings is 1. The standard InChI is InChI=1S/C16H19ClN2O/c1-11(12-3-4-12)19(2)10-16-18-9-15(20-16)13-5-7-14(17)8-6-13/h5-9,11-12H,3-4,10H2,1-2H3. The van der Waals surface area contributed by atoms with E-state index >= 15 is 0 Å². The zero-order chi connectivity index (χ0) is 14.1. The quantitative estimate of drug-likeness (QED) is 0.825. The van der Waals surface area contributed by atoms with Crippen molar-refractivity contribution in [2.24, 2.45) is 5.92 Å². The summed E-state index contributed by atoms with van der Waals surface area (Å²) in [7, 11) is 2.13. The van der Waals surface area contributed by atoms with E-state index < -0.39 is 0 Å². The predicted octanol–water partition coefficient (Wildman–Crippen LogP) is 4.23. The van der Waals surface area contributed by atoms with E-state index in [9.17, 15) is 0 Å². The van der Waals surface area contributed by atoms with Gasteiger partial charge in [-0.1, -0.05) is 11.6 Å². The summed E-state index contributed by atoms with van der Waals surface area (Å²) < 4.78 is 5.83. The Hall–Kier alpha value is -1.32. The van der Waals surface area contributed by atoms with Gasteiger partial charge in [0.2, 0.25) is 5.89 Å². The second-order valence-corrected chi connectivity index (χ2v) is 6.05. The van der Waals surface area contributed by atoms with Crippen molar-refractivity contribution in [3.8, 4) is 11.3 Å². The van der Waals surface area contributed by atoms with Crippen molar-refractivity contribution < 1.29 is 4.42 Å². The summed E-state index contributed by atoms with van der Waals surface area (Å²) in [5, 5.41) is 0.728. The van der Waals surface area contributed by atoms with Crippen LogP contribution in [0.25, 0.3) is 11.3 Å². The lowest BCUT2D eigenvalue weighted by Crippen LogP contribution is -2.30. The molecule has 0 saturated heterocycles. The lowest BCUT2D eigenvalue weighted by Gasteiger charge is -2.22. The van der Waals surface area contributed by atoms with Crippen molar-refractivity contribution in [2.75, 3.05) is 7.05 Å². The van der Waals surface area contributed by atoms with Crippen LogP contribution in [0, 0.1) is 5.92 Å². The van der Waals surface area contributed by atoms with Crippen molar-refractivity contribution in [3.05, 3.63) is 41.4 Å². The third-order valence-electron chi connectivity index (χ3n) is 4.07. The maximum absolute atomic E-state index is 5.89. The number of benzene rings is 1. The molecule has 1 aliphatic carbocycles. The normalized spacial score (nSPS) is 16.6. The Morgan fingerprint density at radius 1 is 1.35 bits per heavy atom. The van der Waals surface area contributed by atoms with Crippen LogP contribution in [0.1, 0.15) is 25.7 Å². The summed E-state index contributed by atoms with van der Waals surface area (Å²) in [6, 6.07) is 8.22. The van der Waals surface area contributed by atoms with Gasteiger partial charge in [0.15, 0.2) is 5.76 Å². The molecule has 2 aromatic rings. The van der Waals surface area contributed by atoms with Crippen molar-refractivity contribution in [3.63, 3.8) is 0 Å². The summed E-state index contributed by atoms with van der Waals surface area (Å²) in [5.41, 5.74) is 1.01. The minimum Gasteiger partial charge on any atom is -0.439 e. The second-order valence-electron chi connectivity index (χ2n) is 5.62. The van der Waals surface area contributed by atoms with Gasteiger partial charge in [-0.25, -0.2) is 4.98 Å². The molecule has 0 aliphatic heterocycles. The Morgan fingerprint density at radius 3 is 2.70 bits per heavy atom. The Balaban J connectivity index is 1.68. The molecule has 20 heavy (non-hydrogen) atoms. The van der Waals surface area contributed by atoms with Crippen LogP contribution in [0.4, 0.5) is 0 Å². The molecule has 0 bridgehead atoms. The second kappa shape index (κ2) is 5.58. The van der Waals surface area contributed by atoms with Gasteiger partial charge >= 0.3 is 0 Å². The Kier molecular flexibility index (Phi) is 3.81. The monoisotopic (exact) mass is 290 g/mol. The first-order valence-electron chi connectivity index (χ1n) is 7.04. The van der Waals surface area contributed by atoms with Crippen molar-refractivity contribution in [1.82, 2.24) is 9.88 Å². The largest absolute Gasteiger partial charge is 0.439 e. The van der Waals surface area contributed by atoms with Crippen molar-refractivity contribution >= 4 is 11.6 Å². The molecule has 1 aromatic heterocycles. The summed E-state index contributed by atoms with van der Waals surface area (Å²) in [6.07, 6.45) is 4.49. The summed E-state index contributed by atoms with van der Waals surface area (Å²) in [5.74, 6) is 2.42. The molecule has 1 unspecified atom stereocenters. The van der Waals surface area contributed by atoms with Crippen LogP contribution in [-0.4, -0.2) is 23.0 Å². The molecular weight excluding hydrogens is 272 g/mol. The minimum atomic E-state index is 0.598. The molecule has 0 spiro atoms. The number of aromatic nitrogens is 1. The molecule has 1 heterocycles. The Morgan fingerprint density at radius 2 is 2.05 bits per heavy atom. The van der Waals surface area contributed by atoms with E-state index in [1.54, 1.807) is 6.20 Å². The van der Waals surface area contributed by atoms with Crippen LogP contribution in [-0.2, 0) is 6.54 Å². The molecular formula is C16H19ClN2O. The molecule has 1 fully saturated rings. The van der Waals surface area contributed by atoms with Crippen LogP contribution < -0.4 is 0 Å². The number of nitrogens with zero attached hydrogens (tertiary/aromatic N) is 2. The first-order chi connectivity index (χ1) is 9.63. The van der Waals surface area contributed by atoms with Gasteiger partial charge in [0, 0.05) is 16.6 Å². The average molecular weight is 291 g/mol. The van der Waals surface area contributed by atoms with Gasteiger partial charge in [-0.3, -0.25) is 4.90 Å². The van der Waals surface area contributed by atoms with E-state index in [1.165, 1.54) is 12.8 Å². The molecule has 1 saturated carbocycles. The van der Waals surface area contributed by atoms with E-state index in [0.717, 1.165) is 34.7 Å². The van der Waals surface area contributed by atoms with E-state index in [1.807, 2.05) is 24.3 Å². The smallest absolute Gasteiger partial charge is 0.209 e. The average Bonchev–Trinajstić information content (AvgIpc) is 3.19. The lowest BCUT2D eigenvalue weighted by atomic mass is 10.2. The number of rotatable bonds is 5. The fraction of sp³-hybridized carbons (Fsp3) is 0.438. The van der Waals surface area contributed by atoms with Gasteiger partial charge in [0.05, 0.1) is 12.7 Å². The molecule has 0 N–H and O–H groups in total. The maximum atomic E-state index is 5.89. The molecule has 1 atom stereocenters. The fourth-order valence-corrected chi connectivity index (χ4v) is 2.55. The molecule has 106 valence electrons. The van der Waals surface area contributed by atoms with Crippen LogP contribution in [0.3, 0.4) is 0 Å². The van der Waals surface area contributed by atoms with Gasteiger partial charge in [0.25, 0.3) is 0 Å². The highest BCUT2D eigenvalue weighted by atomic mass is 35.5. The van der Waals surface area contributed by atoms with E-state index in [2.05, 4.69) is 23.9 Å². The number of hydrogen-bond donors (Lipinski definition) is 0. The van der Waals surface area contributed by atoms with E-state index in [4.69, 9.17) is 16.0 Å². The molecule has 0 amide bonds. The van der Waals surface area contributed by atoms with E-state index in [-0.39, 0.29) is 0 Å². The molecule has 4 heteroatoms. The molecule has 3 nitrogen and oxygen atoms in total. The van der Waals surface area contributed by atoms with Crippen molar-refractivity contribution in [2.45, 2.75) is 32.4 Å². The van der Waals surface area contributed by atoms with Crippen LogP contribution in [0.5, 0.6) is 0 Å². The topological polar surface area (TPSA) is 29.3 Å².